The number of allylic oxidation sites excluding steroid dienone is 1. The van der Waals surface area contributed by atoms with Gasteiger partial charge in [0.2, 0.25) is 0 Å². The monoisotopic (exact) mass is 426 g/mol. The number of halogens is 1. The van der Waals surface area contributed by atoms with E-state index < -0.39 is 8.07 Å². The van der Waals surface area contributed by atoms with Crippen LogP contribution in [-0.4, -0.2) is 15.2 Å². The number of hydrogen-bond acceptors (Lipinski definition) is 1. The molecule has 2 aromatic carbocycles. The van der Waals surface area contributed by atoms with Gasteiger partial charge in [0.15, 0.2) is 0 Å². The number of benzene rings is 2. The Morgan fingerprint density at radius 1 is 0.931 bits per heavy atom. The molecule has 0 amide bonds. The minimum absolute atomic E-state index is 0.0493. The van der Waals surface area contributed by atoms with Crippen molar-refractivity contribution >= 4 is 25.8 Å². The summed E-state index contributed by atoms with van der Waals surface area (Å²) >= 11 is 6.65. The normalized spacial score (nSPS) is 17.2. The summed E-state index contributed by atoms with van der Waals surface area (Å²) in [5, 5.41) is 0.777. The fourth-order valence-electron chi connectivity index (χ4n) is 4.79. The molecule has 156 valence electrons. The summed E-state index contributed by atoms with van der Waals surface area (Å²) in [5.41, 5.74) is 6.91. The first-order valence-electron chi connectivity index (χ1n) is 10.5. The van der Waals surface area contributed by atoms with E-state index in [1.807, 2.05) is 0 Å². The molecule has 1 atom stereocenters. The lowest BCUT2D eigenvalue weighted by Crippen LogP contribution is -2.37. The van der Waals surface area contributed by atoms with Crippen molar-refractivity contribution in [1.29, 1.82) is 0 Å². The fraction of sp³-hybridized carbons (Fsp3) is 0.462. The third-order valence-electron chi connectivity index (χ3n) is 6.26. The van der Waals surface area contributed by atoms with E-state index in [2.05, 4.69) is 96.7 Å². The van der Waals surface area contributed by atoms with Gasteiger partial charge < -0.3 is 4.74 Å². The van der Waals surface area contributed by atoms with Crippen molar-refractivity contribution in [3.63, 3.8) is 0 Å². The van der Waals surface area contributed by atoms with Crippen LogP contribution in [0.2, 0.25) is 24.7 Å². The highest BCUT2D eigenvalue weighted by atomic mass is 35.5. The van der Waals surface area contributed by atoms with E-state index in [4.69, 9.17) is 16.3 Å². The van der Waals surface area contributed by atoms with Crippen LogP contribution in [0.25, 0.3) is 6.08 Å². The molecule has 0 saturated heterocycles. The van der Waals surface area contributed by atoms with E-state index in [1.165, 1.54) is 22.3 Å². The van der Waals surface area contributed by atoms with Crippen molar-refractivity contribution in [2.24, 2.45) is 0 Å². The van der Waals surface area contributed by atoms with Crippen molar-refractivity contribution in [3.05, 3.63) is 69.2 Å². The summed E-state index contributed by atoms with van der Waals surface area (Å²) in [6, 6.07) is 13.1. The second-order valence-corrected chi connectivity index (χ2v) is 16.7. The first-order chi connectivity index (χ1) is 13.3. The van der Waals surface area contributed by atoms with Crippen molar-refractivity contribution in [2.75, 3.05) is 7.11 Å². The van der Waals surface area contributed by atoms with Crippen LogP contribution in [-0.2, 0) is 10.8 Å². The SMILES string of the molecule is COc1c(C(C)(C)C)cc(Cl)cc1C(C)(C)C1=Cc2ccccc2C1[Si](C)(C)C. The quantitative estimate of drug-likeness (QED) is 0.450. The Hall–Kier alpha value is -1.51. The lowest BCUT2D eigenvalue weighted by Gasteiger charge is -2.39. The number of rotatable bonds is 4. The number of hydrogen-bond donors (Lipinski definition) is 0. The second kappa shape index (κ2) is 7.32. The molecule has 0 radical (unpaired) electrons. The van der Waals surface area contributed by atoms with Gasteiger partial charge in [-0.05, 0) is 28.7 Å². The van der Waals surface area contributed by atoms with Crippen LogP contribution in [0.3, 0.4) is 0 Å². The van der Waals surface area contributed by atoms with E-state index in [0.29, 0.717) is 5.54 Å². The number of fused-ring (bicyclic) bond motifs is 1. The predicted octanol–water partition coefficient (Wildman–Crippen LogP) is 7.98. The van der Waals surface area contributed by atoms with Crippen molar-refractivity contribution in [1.82, 2.24) is 0 Å². The molecule has 1 nitrogen and oxygen atoms in total. The largest absolute Gasteiger partial charge is 0.496 e. The van der Waals surface area contributed by atoms with Crippen molar-refractivity contribution in [3.8, 4) is 5.75 Å². The molecule has 1 aliphatic carbocycles. The molecule has 3 rings (SSSR count). The zero-order valence-corrected chi connectivity index (χ0v) is 21.2. The third kappa shape index (κ3) is 3.94. The Bertz CT molecular complexity index is 958. The maximum atomic E-state index is 6.65. The van der Waals surface area contributed by atoms with Crippen LogP contribution in [0.1, 0.15) is 62.4 Å². The molecular formula is C26H35ClOSi. The van der Waals surface area contributed by atoms with E-state index >= 15 is 0 Å². The maximum Gasteiger partial charge on any atom is 0.126 e. The summed E-state index contributed by atoms with van der Waals surface area (Å²) in [5.74, 6) is 0.970. The summed E-state index contributed by atoms with van der Waals surface area (Å²) in [4.78, 5) is 0. The average molecular weight is 427 g/mol. The lowest BCUT2D eigenvalue weighted by molar-refractivity contribution is 0.383. The van der Waals surface area contributed by atoms with Gasteiger partial charge in [0.05, 0.1) is 15.2 Å². The van der Waals surface area contributed by atoms with Gasteiger partial charge in [-0.3, -0.25) is 0 Å². The van der Waals surface area contributed by atoms with Crippen LogP contribution in [0, 0.1) is 0 Å². The first kappa shape index (κ1) is 22.2. The van der Waals surface area contributed by atoms with Crippen LogP contribution in [0.5, 0.6) is 5.75 Å². The Kier molecular flexibility index (Phi) is 5.60. The molecule has 3 heteroatoms. The topological polar surface area (TPSA) is 9.23 Å². The van der Waals surface area contributed by atoms with Crippen LogP contribution < -0.4 is 4.74 Å². The van der Waals surface area contributed by atoms with Gasteiger partial charge in [-0.1, -0.05) is 102 Å². The van der Waals surface area contributed by atoms with Crippen molar-refractivity contribution in [2.45, 2.75) is 70.6 Å². The van der Waals surface area contributed by atoms with Gasteiger partial charge in [-0.25, -0.2) is 0 Å². The number of methoxy groups -OCH3 is 1. The lowest BCUT2D eigenvalue weighted by atomic mass is 9.73. The molecule has 1 aliphatic rings. The number of ether oxygens (including phenoxy) is 1. The van der Waals surface area contributed by atoms with Crippen LogP contribution >= 0.6 is 11.6 Å². The Morgan fingerprint density at radius 3 is 2.07 bits per heavy atom. The predicted molar refractivity (Wildman–Crippen MR) is 130 cm³/mol. The van der Waals surface area contributed by atoms with E-state index in [9.17, 15) is 0 Å². The molecule has 1 unspecified atom stereocenters. The zero-order chi connectivity index (χ0) is 21.8. The van der Waals surface area contributed by atoms with Crippen LogP contribution in [0.4, 0.5) is 0 Å². The van der Waals surface area contributed by atoms with Gasteiger partial charge in [0.25, 0.3) is 0 Å². The fourth-order valence-corrected chi connectivity index (χ4v) is 7.58. The van der Waals surface area contributed by atoms with Gasteiger partial charge in [0.1, 0.15) is 5.75 Å². The average Bonchev–Trinajstić information content (AvgIpc) is 3.01. The molecule has 0 bridgehead atoms. The van der Waals surface area contributed by atoms with Crippen molar-refractivity contribution < 1.29 is 4.74 Å². The van der Waals surface area contributed by atoms with Gasteiger partial charge in [0, 0.05) is 27.1 Å². The molecule has 0 saturated carbocycles. The van der Waals surface area contributed by atoms with Gasteiger partial charge >= 0.3 is 0 Å². The molecule has 0 N–H and O–H groups in total. The Balaban J connectivity index is 2.26. The standard InChI is InChI=1S/C26H35ClOSi/c1-25(2,3)20-15-18(27)16-21(23(20)28-6)26(4,5)22-14-17-12-10-11-13-19(17)24(22)29(7,8)9/h10-16,24H,1-9H3. The molecule has 0 aromatic heterocycles. The first-order valence-corrected chi connectivity index (χ1v) is 14.4. The molecule has 0 spiro atoms. The second-order valence-electron chi connectivity index (χ2n) is 10.9. The summed E-state index contributed by atoms with van der Waals surface area (Å²) in [7, 11) is 0.269. The summed E-state index contributed by atoms with van der Waals surface area (Å²) in [6.07, 6.45) is 2.43. The highest BCUT2D eigenvalue weighted by molar-refractivity contribution is 6.78. The molecule has 0 heterocycles. The highest BCUT2D eigenvalue weighted by Gasteiger charge is 2.44. The van der Waals surface area contributed by atoms with E-state index in [1.54, 1.807) is 7.11 Å². The summed E-state index contributed by atoms with van der Waals surface area (Å²) in [6.45, 7) is 18.7. The van der Waals surface area contributed by atoms with Crippen LogP contribution in [0.15, 0.2) is 42.0 Å². The van der Waals surface area contributed by atoms with E-state index in [-0.39, 0.29) is 10.8 Å². The Morgan fingerprint density at radius 2 is 1.52 bits per heavy atom. The third-order valence-corrected chi connectivity index (χ3v) is 8.83. The minimum atomic E-state index is -1.51. The van der Waals surface area contributed by atoms with Gasteiger partial charge in [-0.2, -0.15) is 0 Å². The molecule has 0 fully saturated rings. The molecule has 0 aliphatic heterocycles. The van der Waals surface area contributed by atoms with Gasteiger partial charge in [-0.15, -0.1) is 0 Å². The molecular weight excluding hydrogens is 392 g/mol. The highest BCUT2D eigenvalue weighted by Crippen LogP contribution is 2.53. The molecule has 2 aromatic rings. The smallest absolute Gasteiger partial charge is 0.126 e. The maximum absolute atomic E-state index is 6.65. The minimum Gasteiger partial charge on any atom is -0.496 e. The molecule has 29 heavy (non-hydrogen) atoms. The summed E-state index contributed by atoms with van der Waals surface area (Å²) < 4.78 is 6.03. The van der Waals surface area contributed by atoms with E-state index in [0.717, 1.165) is 16.3 Å². The zero-order valence-electron chi connectivity index (χ0n) is 19.4. The Labute approximate surface area is 183 Å².